The van der Waals surface area contributed by atoms with E-state index in [0.29, 0.717) is 22.4 Å². The number of hydrogen-bond acceptors (Lipinski definition) is 1. The molecule has 3 rings (SSSR count). The van der Waals surface area contributed by atoms with Crippen molar-refractivity contribution in [1.29, 1.82) is 0 Å². The van der Waals surface area contributed by atoms with E-state index in [1.54, 1.807) is 6.07 Å². The standard InChI is InChI=1S/C17H14Cl2FN3S/c18-11-1-4-16-13(7-11)10(9-22-16)5-6-21-17(24)23-12-2-3-15(20)14(19)8-12/h1-4,7-9,22H,5-6H2,(H2,21,23,24). The summed E-state index contributed by atoms with van der Waals surface area (Å²) >= 11 is 17.0. The zero-order chi connectivity index (χ0) is 17.1. The van der Waals surface area contributed by atoms with E-state index in [2.05, 4.69) is 15.6 Å². The second-order valence-corrected chi connectivity index (χ2v) is 6.52. The highest BCUT2D eigenvalue weighted by molar-refractivity contribution is 7.80. The first-order valence-corrected chi connectivity index (χ1v) is 8.45. The molecule has 0 bridgehead atoms. The third kappa shape index (κ3) is 3.98. The number of fused-ring (bicyclic) bond motifs is 1. The Bertz CT molecular complexity index is 895. The Morgan fingerprint density at radius 2 is 2.00 bits per heavy atom. The van der Waals surface area contributed by atoms with Gasteiger partial charge >= 0.3 is 0 Å². The fourth-order valence-corrected chi connectivity index (χ4v) is 2.99. The number of benzene rings is 2. The first-order chi connectivity index (χ1) is 11.5. The van der Waals surface area contributed by atoms with Crippen LogP contribution in [0.25, 0.3) is 10.9 Å². The summed E-state index contributed by atoms with van der Waals surface area (Å²) in [5, 5.41) is 8.42. The van der Waals surface area contributed by atoms with Crippen LogP contribution in [-0.4, -0.2) is 16.6 Å². The molecule has 0 spiro atoms. The number of hydrogen-bond donors (Lipinski definition) is 3. The fraction of sp³-hybridized carbons (Fsp3) is 0.118. The highest BCUT2D eigenvalue weighted by Gasteiger charge is 2.06. The highest BCUT2D eigenvalue weighted by Crippen LogP contribution is 2.22. The Morgan fingerprint density at radius 1 is 1.17 bits per heavy atom. The van der Waals surface area contributed by atoms with Crippen LogP contribution in [0.4, 0.5) is 10.1 Å². The second-order valence-electron chi connectivity index (χ2n) is 5.26. The normalized spacial score (nSPS) is 10.8. The van der Waals surface area contributed by atoms with Crippen molar-refractivity contribution in [3.8, 4) is 0 Å². The Morgan fingerprint density at radius 3 is 2.79 bits per heavy atom. The Kier molecular flexibility index (Phi) is 5.23. The summed E-state index contributed by atoms with van der Waals surface area (Å²) in [7, 11) is 0. The van der Waals surface area contributed by atoms with Crippen molar-refractivity contribution in [2.24, 2.45) is 0 Å². The summed E-state index contributed by atoms with van der Waals surface area (Å²) in [6.45, 7) is 0.653. The van der Waals surface area contributed by atoms with Crippen LogP contribution in [0.2, 0.25) is 10.0 Å². The lowest BCUT2D eigenvalue weighted by Gasteiger charge is -2.10. The van der Waals surface area contributed by atoms with E-state index in [1.807, 2.05) is 24.4 Å². The monoisotopic (exact) mass is 381 g/mol. The largest absolute Gasteiger partial charge is 0.362 e. The van der Waals surface area contributed by atoms with Crippen molar-refractivity contribution < 1.29 is 4.39 Å². The van der Waals surface area contributed by atoms with Crippen LogP contribution in [0.3, 0.4) is 0 Å². The van der Waals surface area contributed by atoms with Crippen molar-refractivity contribution in [1.82, 2.24) is 10.3 Å². The molecule has 0 atom stereocenters. The summed E-state index contributed by atoms with van der Waals surface area (Å²) < 4.78 is 13.1. The number of aromatic nitrogens is 1. The van der Waals surface area contributed by atoms with Crippen molar-refractivity contribution >= 4 is 57.1 Å². The average Bonchev–Trinajstić information content (AvgIpc) is 2.93. The minimum atomic E-state index is -0.459. The summed E-state index contributed by atoms with van der Waals surface area (Å²) in [5.74, 6) is -0.459. The molecule has 0 aliphatic carbocycles. The van der Waals surface area contributed by atoms with Crippen molar-refractivity contribution in [3.63, 3.8) is 0 Å². The molecule has 1 heterocycles. The van der Waals surface area contributed by atoms with E-state index in [4.69, 9.17) is 35.4 Å². The molecule has 0 fully saturated rings. The van der Waals surface area contributed by atoms with Gasteiger partial charge in [0.25, 0.3) is 0 Å². The topological polar surface area (TPSA) is 39.8 Å². The number of anilines is 1. The predicted molar refractivity (Wildman–Crippen MR) is 103 cm³/mol. The van der Waals surface area contributed by atoms with Gasteiger partial charge in [0.05, 0.1) is 5.02 Å². The van der Waals surface area contributed by atoms with Crippen molar-refractivity contribution in [2.45, 2.75) is 6.42 Å². The van der Waals surface area contributed by atoms with Gasteiger partial charge in [-0.3, -0.25) is 0 Å². The lowest BCUT2D eigenvalue weighted by Crippen LogP contribution is -2.30. The number of H-pyrrole nitrogens is 1. The van der Waals surface area contributed by atoms with E-state index in [-0.39, 0.29) is 5.02 Å². The first-order valence-electron chi connectivity index (χ1n) is 7.28. The van der Waals surface area contributed by atoms with Crippen molar-refractivity contribution in [2.75, 3.05) is 11.9 Å². The number of aromatic amines is 1. The van der Waals surface area contributed by atoms with Gasteiger partial charge in [-0.1, -0.05) is 23.2 Å². The van der Waals surface area contributed by atoms with Gasteiger partial charge in [-0.25, -0.2) is 4.39 Å². The SMILES string of the molecule is Fc1ccc(NC(=S)NCCc2c[nH]c3ccc(Cl)cc23)cc1Cl. The minimum absolute atomic E-state index is 0.0541. The summed E-state index contributed by atoms with van der Waals surface area (Å²) in [4.78, 5) is 3.22. The minimum Gasteiger partial charge on any atom is -0.362 e. The van der Waals surface area contributed by atoms with Crippen LogP contribution in [0, 0.1) is 5.82 Å². The van der Waals surface area contributed by atoms with Gasteiger partial charge in [-0.05, 0) is 60.6 Å². The molecule has 0 aliphatic rings. The molecule has 0 amide bonds. The van der Waals surface area contributed by atoms with E-state index in [9.17, 15) is 4.39 Å². The maximum absolute atomic E-state index is 13.1. The molecular weight excluding hydrogens is 368 g/mol. The molecule has 2 aromatic carbocycles. The molecule has 7 heteroatoms. The van der Waals surface area contributed by atoms with Crippen LogP contribution in [0.5, 0.6) is 0 Å². The third-order valence-electron chi connectivity index (χ3n) is 3.59. The smallest absolute Gasteiger partial charge is 0.170 e. The average molecular weight is 382 g/mol. The van der Waals surface area contributed by atoms with E-state index in [1.165, 1.54) is 12.1 Å². The number of thiocarbonyl (C=S) groups is 1. The second kappa shape index (κ2) is 7.38. The lowest BCUT2D eigenvalue weighted by molar-refractivity contribution is 0.628. The Balaban J connectivity index is 1.56. The number of rotatable bonds is 4. The van der Waals surface area contributed by atoms with Crippen LogP contribution in [0.15, 0.2) is 42.6 Å². The van der Waals surface area contributed by atoms with Gasteiger partial charge in [-0.15, -0.1) is 0 Å². The third-order valence-corrected chi connectivity index (χ3v) is 4.36. The molecule has 3 N–H and O–H groups in total. The van der Waals surface area contributed by atoms with Crippen LogP contribution >= 0.6 is 35.4 Å². The molecule has 3 nitrogen and oxygen atoms in total. The zero-order valence-electron chi connectivity index (χ0n) is 12.5. The van der Waals surface area contributed by atoms with Crippen molar-refractivity contribution in [3.05, 3.63) is 64.0 Å². The molecule has 124 valence electrons. The lowest BCUT2D eigenvalue weighted by atomic mass is 10.1. The number of halogens is 3. The molecule has 0 saturated heterocycles. The molecule has 24 heavy (non-hydrogen) atoms. The molecule has 0 aliphatic heterocycles. The quantitative estimate of drug-likeness (QED) is 0.547. The van der Waals surface area contributed by atoms with E-state index >= 15 is 0 Å². The van der Waals surface area contributed by atoms with Gasteiger partial charge in [0.1, 0.15) is 5.82 Å². The van der Waals surface area contributed by atoms with Gasteiger partial charge < -0.3 is 15.6 Å². The molecule has 0 radical (unpaired) electrons. The maximum atomic E-state index is 13.1. The van der Waals surface area contributed by atoms with Gasteiger partial charge in [0.15, 0.2) is 5.11 Å². The zero-order valence-corrected chi connectivity index (χ0v) is 14.8. The summed E-state index contributed by atoms with van der Waals surface area (Å²) in [6, 6.07) is 10.1. The van der Waals surface area contributed by atoms with Crippen LogP contribution < -0.4 is 10.6 Å². The first kappa shape index (κ1) is 17.0. The molecular formula is C17H14Cl2FN3S. The van der Waals surface area contributed by atoms with Gasteiger partial charge in [-0.2, -0.15) is 0 Å². The maximum Gasteiger partial charge on any atom is 0.170 e. The van der Waals surface area contributed by atoms with Gasteiger partial charge in [0, 0.05) is 34.4 Å². The van der Waals surface area contributed by atoms with E-state index in [0.717, 1.165) is 22.9 Å². The number of nitrogens with one attached hydrogen (secondary N) is 3. The van der Waals surface area contributed by atoms with E-state index < -0.39 is 5.82 Å². The Hall–Kier alpha value is -1.82. The van der Waals surface area contributed by atoms with Gasteiger partial charge in [0.2, 0.25) is 0 Å². The Labute approximate surface area is 154 Å². The summed E-state index contributed by atoms with van der Waals surface area (Å²) in [5.41, 5.74) is 2.85. The van der Waals surface area contributed by atoms with Crippen LogP contribution in [-0.2, 0) is 6.42 Å². The molecule has 1 aromatic heterocycles. The van der Waals surface area contributed by atoms with Crippen LogP contribution in [0.1, 0.15) is 5.56 Å². The highest BCUT2D eigenvalue weighted by atomic mass is 35.5. The summed E-state index contributed by atoms with van der Waals surface area (Å²) in [6.07, 6.45) is 2.76. The molecule has 0 unspecified atom stereocenters. The molecule has 0 saturated carbocycles. The molecule has 3 aromatic rings. The fourth-order valence-electron chi connectivity index (χ4n) is 2.42. The predicted octanol–water partition coefficient (Wildman–Crippen LogP) is 5.14.